The van der Waals surface area contributed by atoms with Crippen molar-refractivity contribution in [3.63, 3.8) is 0 Å². The Hall–Kier alpha value is -0.650. The summed E-state index contributed by atoms with van der Waals surface area (Å²) < 4.78 is 11.8. The molecular weight excluding hydrogens is 268 g/mol. The Morgan fingerprint density at radius 2 is 2.10 bits per heavy atom. The molecule has 0 aromatic heterocycles. The summed E-state index contributed by atoms with van der Waals surface area (Å²) in [5.41, 5.74) is 5.15. The molecular formula is C16H28N2O3. The highest BCUT2D eigenvalue weighted by Crippen LogP contribution is 2.34. The van der Waals surface area contributed by atoms with E-state index >= 15 is 0 Å². The van der Waals surface area contributed by atoms with Crippen molar-refractivity contribution in [1.29, 1.82) is 0 Å². The molecule has 3 fully saturated rings. The fraction of sp³-hybridized carbons (Fsp3) is 0.938. The largest absolute Gasteiger partial charge is 0.376 e. The lowest BCUT2D eigenvalue weighted by Crippen LogP contribution is -2.59. The second-order valence-electron chi connectivity index (χ2n) is 6.91. The number of rotatable bonds is 6. The molecule has 5 heteroatoms. The molecule has 3 unspecified atom stereocenters. The number of primary amides is 1. The zero-order valence-corrected chi connectivity index (χ0v) is 12.8. The van der Waals surface area contributed by atoms with Gasteiger partial charge in [-0.15, -0.1) is 0 Å². The van der Waals surface area contributed by atoms with E-state index in [1.807, 2.05) is 0 Å². The lowest BCUT2D eigenvalue weighted by Gasteiger charge is -2.39. The summed E-state index contributed by atoms with van der Waals surface area (Å²) in [6.07, 6.45) is 9.75. The first kappa shape index (κ1) is 15.3. The van der Waals surface area contributed by atoms with Gasteiger partial charge in [0.1, 0.15) is 5.54 Å². The van der Waals surface area contributed by atoms with Crippen molar-refractivity contribution >= 4 is 5.91 Å². The van der Waals surface area contributed by atoms with E-state index in [9.17, 15) is 4.79 Å². The predicted octanol–water partition coefficient (Wildman–Crippen LogP) is 1.49. The Morgan fingerprint density at radius 1 is 1.24 bits per heavy atom. The minimum atomic E-state index is -0.544. The number of ether oxygens (including phenoxy) is 2. The third-order valence-corrected chi connectivity index (χ3v) is 5.03. The molecule has 21 heavy (non-hydrogen) atoms. The van der Waals surface area contributed by atoms with E-state index in [2.05, 4.69) is 5.32 Å². The van der Waals surface area contributed by atoms with Crippen LogP contribution in [-0.2, 0) is 14.3 Å². The zero-order valence-electron chi connectivity index (χ0n) is 12.8. The highest BCUT2D eigenvalue weighted by molar-refractivity contribution is 5.85. The molecule has 0 radical (unpaired) electrons. The van der Waals surface area contributed by atoms with Crippen LogP contribution in [-0.4, -0.2) is 42.9 Å². The lowest BCUT2D eigenvalue weighted by atomic mass is 9.79. The summed E-state index contributed by atoms with van der Waals surface area (Å²) in [6, 6.07) is 0.484. The quantitative estimate of drug-likeness (QED) is 0.779. The van der Waals surface area contributed by atoms with Crippen molar-refractivity contribution in [3.8, 4) is 0 Å². The molecule has 120 valence electrons. The predicted molar refractivity (Wildman–Crippen MR) is 79.9 cm³/mol. The van der Waals surface area contributed by atoms with Gasteiger partial charge in [0.15, 0.2) is 0 Å². The highest BCUT2D eigenvalue weighted by atomic mass is 16.5. The third kappa shape index (κ3) is 3.96. The van der Waals surface area contributed by atoms with E-state index in [-0.39, 0.29) is 18.1 Å². The number of carbonyl (C=O) groups excluding carboxylic acids is 1. The van der Waals surface area contributed by atoms with Crippen molar-refractivity contribution in [3.05, 3.63) is 0 Å². The molecule has 1 heterocycles. The monoisotopic (exact) mass is 296 g/mol. The van der Waals surface area contributed by atoms with Gasteiger partial charge in [-0.1, -0.05) is 0 Å². The molecule has 3 atom stereocenters. The number of hydrogen-bond acceptors (Lipinski definition) is 4. The van der Waals surface area contributed by atoms with Crippen molar-refractivity contribution in [2.24, 2.45) is 5.73 Å². The Labute approximate surface area is 126 Å². The smallest absolute Gasteiger partial charge is 0.237 e. The second kappa shape index (κ2) is 6.63. The minimum absolute atomic E-state index is 0.128. The van der Waals surface area contributed by atoms with E-state index in [1.54, 1.807) is 0 Å². The number of carbonyl (C=O) groups is 1. The van der Waals surface area contributed by atoms with Crippen LogP contribution in [0, 0.1) is 0 Å². The van der Waals surface area contributed by atoms with Gasteiger partial charge in [0.05, 0.1) is 18.8 Å². The fourth-order valence-electron chi connectivity index (χ4n) is 3.59. The van der Waals surface area contributed by atoms with Crippen LogP contribution in [0.25, 0.3) is 0 Å². The Morgan fingerprint density at radius 3 is 2.76 bits per heavy atom. The van der Waals surface area contributed by atoms with Gasteiger partial charge in [-0.2, -0.15) is 0 Å². The van der Waals surface area contributed by atoms with Crippen LogP contribution in [0.2, 0.25) is 0 Å². The van der Waals surface area contributed by atoms with Crippen LogP contribution in [0.1, 0.15) is 57.8 Å². The first-order valence-corrected chi connectivity index (χ1v) is 8.49. The van der Waals surface area contributed by atoms with Crippen LogP contribution in [0.15, 0.2) is 0 Å². The summed E-state index contributed by atoms with van der Waals surface area (Å²) in [5.74, 6) is -0.211. The molecule has 2 aliphatic carbocycles. The molecule has 3 aliphatic rings. The number of nitrogens with one attached hydrogen (secondary N) is 1. The van der Waals surface area contributed by atoms with Gasteiger partial charge in [0, 0.05) is 19.1 Å². The van der Waals surface area contributed by atoms with Crippen LogP contribution in [0.3, 0.4) is 0 Å². The number of nitrogens with two attached hydrogens (primary N) is 1. The molecule has 0 aromatic carbocycles. The Bertz CT molecular complexity index is 367. The van der Waals surface area contributed by atoms with E-state index in [1.165, 1.54) is 6.42 Å². The molecule has 2 saturated carbocycles. The normalized spacial score (nSPS) is 37.3. The highest BCUT2D eigenvalue weighted by Gasteiger charge is 2.44. The van der Waals surface area contributed by atoms with Crippen LogP contribution in [0.4, 0.5) is 0 Å². The summed E-state index contributed by atoms with van der Waals surface area (Å²) in [7, 11) is 0. The first-order chi connectivity index (χ1) is 10.2. The van der Waals surface area contributed by atoms with Crippen molar-refractivity contribution < 1.29 is 14.3 Å². The fourth-order valence-corrected chi connectivity index (χ4v) is 3.59. The SMILES string of the molecule is NC(=O)C1(NC2CC2)CCCC(OCC2CCCCO2)C1. The number of amides is 1. The molecule has 0 aromatic rings. The molecule has 5 nitrogen and oxygen atoms in total. The van der Waals surface area contributed by atoms with Gasteiger partial charge in [-0.05, 0) is 51.4 Å². The van der Waals surface area contributed by atoms with Crippen LogP contribution >= 0.6 is 0 Å². The molecule has 0 spiro atoms. The van der Waals surface area contributed by atoms with Crippen molar-refractivity contribution in [2.45, 2.75) is 81.6 Å². The lowest BCUT2D eigenvalue weighted by molar-refractivity contribution is -0.130. The second-order valence-corrected chi connectivity index (χ2v) is 6.91. The van der Waals surface area contributed by atoms with Crippen LogP contribution in [0.5, 0.6) is 0 Å². The van der Waals surface area contributed by atoms with E-state index in [0.717, 1.165) is 51.6 Å². The third-order valence-electron chi connectivity index (χ3n) is 5.03. The maximum absolute atomic E-state index is 12.0. The van der Waals surface area contributed by atoms with E-state index < -0.39 is 5.54 Å². The van der Waals surface area contributed by atoms with E-state index in [0.29, 0.717) is 19.1 Å². The topological polar surface area (TPSA) is 73.6 Å². The maximum atomic E-state index is 12.0. The molecule has 1 saturated heterocycles. The molecule has 3 N–H and O–H groups in total. The van der Waals surface area contributed by atoms with Gasteiger partial charge in [0.2, 0.25) is 5.91 Å². The van der Waals surface area contributed by atoms with Crippen molar-refractivity contribution in [2.75, 3.05) is 13.2 Å². The van der Waals surface area contributed by atoms with Gasteiger partial charge < -0.3 is 20.5 Å². The summed E-state index contributed by atoms with van der Waals surface area (Å²) >= 11 is 0. The first-order valence-electron chi connectivity index (χ1n) is 8.49. The van der Waals surface area contributed by atoms with Gasteiger partial charge >= 0.3 is 0 Å². The molecule has 1 amide bonds. The molecule has 3 rings (SSSR count). The Balaban J connectivity index is 1.52. The van der Waals surface area contributed by atoms with Gasteiger partial charge in [-0.25, -0.2) is 0 Å². The van der Waals surface area contributed by atoms with Gasteiger partial charge in [-0.3, -0.25) is 4.79 Å². The molecule has 1 aliphatic heterocycles. The average molecular weight is 296 g/mol. The minimum Gasteiger partial charge on any atom is -0.376 e. The standard InChI is InChI=1S/C16H28N2O3/c17-15(19)16(18-12-6-7-12)8-3-5-13(10-16)21-11-14-4-1-2-9-20-14/h12-14,18H,1-11H2,(H2,17,19). The van der Waals surface area contributed by atoms with Crippen molar-refractivity contribution in [1.82, 2.24) is 5.32 Å². The van der Waals surface area contributed by atoms with E-state index in [4.69, 9.17) is 15.2 Å². The summed E-state index contributed by atoms with van der Waals surface area (Å²) in [6.45, 7) is 1.51. The average Bonchev–Trinajstić information content (AvgIpc) is 3.30. The number of hydrogen-bond donors (Lipinski definition) is 2. The maximum Gasteiger partial charge on any atom is 0.237 e. The zero-order chi connectivity index (χ0) is 14.7. The Kier molecular flexibility index (Phi) is 4.82. The van der Waals surface area contributed by atoms with Gasteiger partial charge in [0.25, 0.3) is 0 Å². The summed E-state index contributed by atoms with van der Waals surface area (Å²) in [5, 5.41) is 3.49. The van der Waals surface area contributed by atoms with Crippen LogP contribution < -0.4 is 11.1 Å². The summed E-state index contributed by atoms with van der Waals surface area (Å²) in [4.78, 5) is 12.0. The molecule has 0 bridgehead atoms.